The Balaban J connectivity index is 1.73. The number of carbonyl (C=O) groups excluding carboxylic acids is 1. The van der Waals surface area contributed by atoms with Gasteiger partial charge in [-0.3, -0.25) is 4.79 Å². The second-order valence-corrected chi connectivity index (χ2v) is 5.98. The topological polar surface area (TPSA) is 54.0 Å². The number of aryl methyl sites for hydroxylation is 2. The van der Waals surface area contributed by atoms with Gasteiger partial charge in [0.05, 0.1) is 5.56 Å². The number of hydrogen-bond acceptors (Lipinski definition) is 3. The first-order valence-corrected chi connectivity index (χ1v) is 7.99. The van der Waals surface area contributed by atoms with Crippen LogP contribution < -0.4 is 10.6 Å². The lowest BCUT2D eigenvalue weighted by atomic mass is 10.1. The average Bonchev–Trinajstić information content (AvgIpc) is 2.58. The second kappa shape index (κ2) is 7.31. The Morgan fingerprint density at radius 3 is 2.19 bits per heavy atom. The molecule has 3 aromatic rings. The zero-order valence-electron chi connectivity index (χ0n) is 14.3. The van der Waals surface area contributed by atoms with E-state index in [1.807, 2.05) is 26.0 Å². The Kier molecular flexibility index (Phi) is 4.93. The highest BCUT2D eigenvalue weighted by Crippen LogP contribution is 2.20. The molecule has 2 aromatic carbocycles. The molecule has 1 heterocycles. The molecule has 132 valence electrons. The summed E-state index contributed by atoms with van der Waals surface area (Å²) in [6.45, 7) is 4.00. The Hall–Kier alpha value is -3.28. The van der Waals surface area contributed by atoms with E-state index < -0.39 is 23.2 Å². The number of nitrogens with one attached hydrogen (secondary N) is 2. The van der Waals surface area contributed by atoms with E-state index in [9.17, 15) is 13.6 Å². The lowest BCUT2D eigenvalue weighted by Gasteiger charge is -2.10. The number of carbonyl (C=O) groups is 1. The Labute approximate surface area is 149 Å². The number of halogens is 2. The smallest absolute Gasteiger partial charge is 0.257 e. The summed E-state index contributed by atoms with van der Waals surface area (Å²) < 4.78 is 27.2. The number of nitrogens with zero attached hydrogens (tertiary/aromatic N) is 1. The van der Waals surface area contributed by atoms with Gasteiger partial charge in [0.15, 0.2) is 0 Å². The minimum atomic E-state index is -0.834. The molecular weight excluding hydrogens is 336 g/mol. The van der Waals surface area contributed by atoms with Crippen molar-refractivity contribution in [1.82, 2.24) is 4.98 Å². The van der Waals surface area contributed by atoms with Crippen LogP contribution in [0.25, 0.3) is 0 Å². The second-order valence-electron chi connectivity index (χ2n) is 5.98. The molecule has 0 radical (unpaired) electrons. The summed E-state index contributed by atoms with van der Waals surface area (Å²) in [7, 11) is 0. The molecule has 1 aromatic heterocycles. The molecule has 0 fully saturated rings. The molecule has 0 aliphatic heterocycles. The van der Waals surface area contributed by atoms with Gasteiger partial charge in [0.1, 0.15) is 23.1 Å². The van der Waals surface area contributed by atoms with Gasteiger partial charge in [0.2, 0.25) is 0 Å². The number of pyridine rings is 1. The number of benzene rings is 2. The molecule has 0 bridgehead atoms. The van der Waals surface area contributed by atoms with Crippen molar-refractivity contribution in [1.29, 1.82) is 0 Å². The van der Waals surface area contributed by atoms with E-state index in [0.29, 0.717) is 5.82 Å². The number of rotatable bonds is 4. The fourth-order valence-electron chi connectivity index (χ4n) is 2.60. The maximum Gasteiger partial charge on any atom is 0.257 e. The zero-order chi connectivity index (χ0) is 18.7. The van der Waals surface area contributed by atoms with Crippen LogP contribution in [0.2, 0.25) is 0 Å². The first-order chi connectivity index (χ1) is 12.4. The molecule has 0 unspecified atom stereocenters. The summed E-state index contributed by atoms with van der Waals surface area (Å²) in [4.78, 5) is 16.4. The summed E-state index contributed by atoms with van der Waals surface area (Å²) in [6, 6.07) is 12.6. The van der Waals surface area contributed by atoms with Crippen LogP contribution in [0, 0.1) is 25.5 Å². The standard InChI is InChI=1S/C20H17F2N3O/c1-12-8-13(2)10-15(9-12)24-18-7-6-14(11-23-18)20(26)25-19-16(21)4-3-5-17(19)22/h3-11H,1-2H3,(H,23,24)(H,25,26). The van der Waals surface area contributed by atoms with E-state index in [1.54, 1.807) is 6.07 Å². The highest BCUT2D eigenvalue weighted by Gasteiger charge is 2.13. The molecule has 26 heavy (non-hydrogen) atoms. The monoisotopic (exact) mass is 353 g/mol. The Morgan fingerprint density at radius 2 is 1.62 bits per heavy atom. The fraction of sp³-hybridized carbons (Fsp3) is 0.100. The van der Waals surface area contributed by atoms with Crippen LogP contribution in [0.5, 0.6) is 0 Å². The molecule has 6 heteroatoms. The largest absolute Gasteiger partial charge is 0.340 e. The van der Waals surface area contributed by atoms with Crippen LogP contribution in [0.1, 0.15) is 21.5 Å². The van der Waals surface area contributed by atoms with Gasteiger partial charge < -0.3 is 10.6 Å². The van der Waals surface area contributed by atoms with Gasteiger partial charge in [-0.25, -0.2) is 13.8 Å². The Morgan fingerprint density at radius 1 is 0.962 bits per heavy atom. The molecule has 0 saturated heterocycles. The number of aromatic nitrogens is 1. The van der Waals surface area contributed by atoms with Gasteiger partial charge in [0, 0.05) is 11.9 Å². The summed E-state index contributed by atoms with van der Waals surface area (Å²) in [5.74, 6) is -1.75. The van der Waals surface area contributed by atoms with Gasteiger partial charge >= 0.3 is 0 Å². The van der Waals surface area contributed by atoms with Crippen LogP contribution >= 0.6 is 0 Å². The highest BCUT2D eigenvalue weighted by atomic mass is 19.1. The normalized spacial score (nSPS) is 10.5. The van der Waals surface area contributed by atoms with Gasteiger partial charge in [-0.05, 0) is 61.4 Å². The van der Waals surface area contributed by atoms with Crippen molar-refractivity contribution in [2.75, 3.05) is 10.6 Å². The van der Waals surface area contributed by atoms with E-state index in [0.717, 1.165) is 28.9 Å². The third kappa shape index (κ3) is 4.03. The van der Waals surface area contributed by atoms with E-state index in [2.05, 4.69) is 21.7 Å². The van der Waals surface area contributed by atoms with Crippen molar-refractivity contribution < 1.29 is 13.6 Å². The van der Waals surface area contributed by atoms with Crippen molar-refractivity contribution in [3.05, 3.63) is 83.1 Å². The van der Waals surface area contributed by atoms with Crippen LogP contribution in [0.3, 0.4) is 0 Å². The molecule has 0 aliphatic carbocycles. The summed E-state index contributed by atoms with van der Waals surface area (Å²) in [5.41, 5.74) is 2.85. The average molecular weight is 353 g/mol. The molecule has 0 aliphatic rings. The van der Waals surface area contributed by atoms with E-state index in [4.69, 9.17) is 0 Å². The molecule has 4 nitrogen and oxygen atoms in total. The van der Waals surface area contributed by atoms with Crippen molar-refractivity contribution in [3.63, 3.8) is 0 Å². The van der Waals surface area contributed by atoms with Crippen molar-refractivity contribution in [2.45, 2.75) is 13.8 Å². The van der Waals surface area contributed by atoms with E-state index in [1.165, 1.54) is 18.3 Å². The zero-order valence-corrected chi connectivity index (χ0v) is 14.3. The summed E-state index contributed by atoms with van der Waals surface area (Å²) in [5, 5.41) is 5.39. The summed E-state index contributed by atoms with van der Waals surface area (Å²) >= 11 is 0. The van der Waals surface area contributed by atoms with Crippen molar-refractivity contribution in [2.24, 2.45) is 0 Å². The fourth-order valence-corrected chi connectivity index (χ4v) is 2.60. The minimum Gasteiger partial charge on any atom is -0.340 e. The minimum absolute atomic E-state index is 0.193. The molecule has 2 N–H and O–H groups in total. The van der Waals surface area contributed by atoms with E-state index in [-0.39, 0.29) is 5.56 Å². The van der Waals surface area contributed by atoms with Gasteiger partial charge in [-0.1, -0.05) is 12.1 Å². The Bertz CT molecular complexity index is 915. The first kappa shape index (κ1) is 17.5. The van der Waals surface area contributed by atoms with Crippen LogP contribution in [0.15, 0.2) is 54.7 Å². The third-order valence-corrected chi connectivity index (χ3v) is 3.72. The lowest BCUT2D eigenvalue weighted by Crippen LogP contribution is -2.14. The highest BCUT2D eigenvalue weighted by molar-refractivity contribution is 6.04. The lowest BCUT2D eigenvalue weighted by molar-refractivity contribution is 0.102. The van der Waals surface area contributed by atoms with Crippen LogP contribution in [-0.4, -0.2) is 10.9 Å². The number of anilines is 3. The maximum atomic E-state index is 13.6. The predicted molar refractivity (Wildman–Crippen MR) is 97.7 cm³/mol. The molecule has 1 amide bonds. The van der Waals surface area contributed by atoms with Crippen molar-refractivity contribution in [3.8, 4) is 0 Å². The van der Waals surface area contributed by atoms with Gasteiger partial charge in [0.25, 0.3) is 5.91 Å². The number of amides is 1. The predicted octanol–water partition coefficient (Wildman–Crippen LogP) is 4.97. The molecule has 3 rings (SSSR count). The molecule has 0 spiro atoms. The first-order valence-electron chi connectivity index (χ1n) is 7.99. The number of hydrogen-bond donors (Lipinski definition) is 2. The maximum absolute atomic E-state index is 13.6. The molecule has 0 atom stereocenters. The SMILES string of the molecule is Cc1cc(C)cc(Nc2ccc(C(=O)Nc3c(F)cccc3F)cn2)c1. The number of para-hydroxylation sites is 1. The van der Waals surface area contributed by atoms with Gasteiger partial charge in [-0.15, -0.1) is 0 Å². The quantitative estimate of drug-likeness (QED) is 0.696. The van der Waals surface area contributed by atoms with E-state index >= 15 is 0 Å². The molecular formula is C20H17F2N3O. The van der Waals surface area contributed by atoms with Gasteiger partial charge in [-0.2, -0.15) is 0 Å². The third-order valence-electron chi connectivity index (χ3n) is 3.72. The molecule has 0 saturated carbocycles. The summed E-state index contributed by atoms with van der Waals surface area (Å²) in [6.07, 6.45) is 1.35. The van der Waals surface area contributed by atoms with Crippen molar-refractivity contribution >= 4 is 23.1 Å². The van der Waals surface area contributed by atoms with Crippen LogP contribution in [0.4, 0.5) is 26.0 Å². The van der Waals surface area contributed by atoms with Crippen LogP contribution in [-0.2, 0) is 0 Å².